The monoisotopic (exact) mass is 232 g/mol. The number of thioether (sulfide) groups is 1. The number of amidine groups is 1. The van der Waals surface area contributed by atoms with Crippen molar-refractivity contribution in [3.05, 3.63) is 0 Å². The summed E-state index contributed by atoms with van der Waals surface area (Å²) in [6.45, 7) is 4.42. The maximum atomic E-state index is 11.1. The Morgan fingerprint density at radius 1 is 1.47 bits per heavy atom. The Kier molecular flexibility index (Phi) is 6.52. The van der Waals surface area contributed by atoms with Gasteiger partial charge >= 0.3 is 6.03 Å². The summed E-state index contributed by atoms with van der Waals surface area (Å²) < 4.78 is 0. The number of hydrogen-bond acceptors (Lipinski definition) is 4. The zero-order valence-electron chi connectivity index (χ0n) is 8.79. The molecule has 0 aromatic carbocycles. The molecule has 0 spiro atoms. The molecule has 15 heavy (non-hydrogen) atoms. The van der Waals surface area contributed by atoms with Crippen LogP contribution in [0.15, 0.2) is 0 Å². The van der Waals surface area contributed by atoms with Crippen LogP contribution in [0.4, 0.5) is 4.79 Å². The fraction of sp³-hybridized carbons (Fsp3) is 0.625. The highest BCUT2D eigenvalue weighted by atomic mass is 32.2. The summed E-state index contributed by atoms with van der Waals surface area (Å²) >= 11 is 0.875. The average molecular weight is 232 g/mol. The number of carbonyl (C=O) groups is 2. The van der Waals surface area contributed by atoms with Crippen LogP contribution in [0.5, 0.6) is 0 Å². The minimum atomic E-state index is -0.516. The molecule has 0 fully saturated rings. The number of nitrogens with one attached hydrogen (secondary N) is 3. The van der Waals surface area contributed by atoms with E-state index in [1.54, 1.807) is 0 Å². The molecule has 86 valence electrons. The van der Waals surface area contributed by atoms with Gasteiger partial charge < -0.3 is 11.1 Å². The van der Waals surface area contributed by atoms with Gasteiger partial charge in [-0.3, -0.25) is 15.5 Å². The molecular formula is C8H16N4O2S. The molecule has 0 bridgehead atoms. The first-order chi connectivity index (χ1) is 6.91. The van der Waals surface area contributed by atoms with Gasteiger partial charge in [0.1, 0.15) is 0 Å². The van der Waals surface area contributed by atoms with Crippen LogP contribution < -0.4 is 16.4 Å². The fourth-order valence-electron chi connectivity index (χ4n) is 0.647. The van der Waals surface area contributed by atoms with E-state index < -0.39 is 11.9 Å². The second-order valence-electron chi connectivity index (χ2n) is 3.30. The van der Waals surface area contributed by atoms with Gasteiger partial charge in [0.05, 0.1) is 5.75 Å². The number of imide groups is 1. The third-order valence-corrected chi connectivity index (χ3v) is 2.00. The van der Waals surface area contributed by atoms with Gasteiger partial charge in [-0.15, -0.1) is 0 Å². The Bertz CT molecular complexity index is 255. The Hall–Kier alpha value is -1.24. The van der Waals surface area contributed by atoms with Gasteiger partial charge in [0, 0.05) is 6.54 Å². The lowest BCUT2D eigenvalue weighted by molar-refractivity contribution is -0.117. The third kappa shape index (κ3) is 9.07. The van der Waals surface area contributed by atoms with Crippen LogP contribution in [-0.4, -0.2) is 29.4 Å². The Labute approximate surface area is 92.9 Å². The van der Waals surface area contributed by atoms with Crippen LogP contribution in [0.25, 0.3) is 0 Å². The van der Waals surface area contributed by atoms with Crippen molar-refractivity contribution in [2.45, 2.75) is 13.8 Å². The summed E-state index contributed by atoms with van der Waals surface area (Å²) in [5.41, 5.74) is 5.04. The molecule has 6 nitrogen and oxygen atoms in total. The molecule has 0 aliphatic rings. The predicted molar refractivity (Wildman–Crippen MR) is 60.8 cm³/mol. The molecule has 0 saturated heterocycles. The molecule has 3 amide bonds. The lowest BCUT2D eigenvalue weighted by Crippen LogP contribution is -2.41. The average Bonchev–Trinajstić information content (AvgIpc) is 2.11. The summed E-state index contributed by atoms with van der Waals surface area (Å²) in [6, 6.07) is -0.516. The number of urea groups is 1. The first kappa shape index (κ1) is 13.8. The molecule has 7 heteroatoms. The van der Waals surface area contributed by atoms with E-state index in [0.29, 0.717) is 12.5 Å². The topological polar surface area (TPSA) is 108 Å². The number of rotatable bonds is 4. The highest BCUT2D eigenvalue weighted by Crippen LogP contribution is 1.95. The smallest absolute Gasteiger partial charge is 0.321 e. The van der Waals surface area contributed by atoms with Crippen molar-refractivity contribution >= 4 is 28.9 Å². The van der Waals surface area contributed by atoms with E-state index in [9.17, 15) is 9.59 Å². The van der Waals surface area contributed by atoms with Crippen LogP contribution in [0.1, 0.15) is 13.8 Å². The summed E-state index contributed by atoms with van der Waals surface area (Å²) in [5, 5.41) is 11.4. The SMILES string of the molecule is CC(C)CNC(=O)NC(=O)CSC(=N)N. The standard InChI is InChI=1S/C8H16N4O2S/c1-5(2)3-11-8(14)12-6(13)4-15-7(9)10/h5H,3-4H2,1-2H3,(H3,9,10)(H2,11,12,13,14). The molecule has 5 N–H and O–H groups in total. The van der Waals surface area contributed by atoms with Crippen LogP contribution in [0.3, 0.4) is 0 Å². The van der Waals surface area contributed by atoms with Gasteiger partial charge in [-0.1, -0.05) is 25.6 Å². The van der Waals surface area contributed by atoms with Crippen LogP contribution >= 0.6 is 11.8 Å². The van der Waals surface area contributed by atoms with Crippen molar-refractivity contribution in [3.8, 4) is 0 Å². The number of carbonyl (C=O) groups excluding carboxylic acids is 2. The predicted octanol–water partition coefficient (Wildman–Crippen LogP) is 0.0949. The van der Waals surface area contributed by atoms with Crippen LogP contribution in [0.2, 0.25) is 0 Å². The molecule has 0 aliphatic carbocycles. The Morgan fingerprint density at radius 2 is 2.07 bits per heavy atom. The van der Waals surface area contributed by atoms with E-state index in [1.807, 2.05) is 13.8 Å². The molecule has 0 atom stereocenters. The molecule has 0 heterocycles. The van der Waals surface area contributed by atoms with Gasteiger partial charge in [-0.25, -0.2) is 4.79 Å². The maximum Gasteiger partial charge on any atom is 0.321 e. The largest absolute Gasteiger partial charge is 0.379 e. The maximum absolute atomic E-state index is 11.1. The lowest BCUT2D eigenvalue weighted by atomic mass is 10.2. The fourth-order valence-corrected chi connectivity index (χ4v) is 1.01. The van der Waals surface area contributed by atoms with Gasteiger partial charge in [0.25, 0.3) is 0 Å². The molecular weight excluding hydrogens is 216 g/mol. The Balaban J connectivity index is 3.67. The quantitative estimate of drug-likeness (QED) is 0.407. The van der Waals surface area contributed by atoms with Gasteiger partial charge in [-0.2, -0.15) is 0 Å². The van der Waals surface area contributed by atoms with Crippen molar-refractivity contribution < 1.29 is 9.59 Å². The number of nitrogens with two attached hydrogens (primary N) is 1. The summed E-state index contributed by atoms with van der Waals surface area (Å²) in [7, 11) is 0. The van der Waals surface area contributed by atoms with Gasteiger partial charge in [0.2, 0.25) is 5.91 Å². The second kappa shape index (κ2) is 7.10. The van der Waals surface area contributed by atoms with Gasteiger partial charge in [0.15, 0.2) is 5.17 Å². The minimum Gasteiger partial charge on any atom is -0.379 e. The molecule has 0 radical (unpaired) electrons. The third-order valence-electron chi connectivity index (χ3n) is 1.28. The first-order valence-electron chi connectivity index (χ1n) is 4.46. The lowest BCUT2D eigenvalue weighted by Gasteiger charge is -2.07. The van der Waals surface area contributed by atoms with Crippen LogP contribution in [0, 0.1) is 11.3 Å². The molecule has 0 aliphatic heterocycles. The van der Waals surface area contributed by atoms with Crippen molar-refractivity contribution in [2.75, 3.05) is 12.3 Å². The molecule has 0 unspecified atom stereocenters. The van der Waals surface area contributed by atoms with Crippen molar-refractivity contribution in [2.24, 2.45) is 11.7 Å². The molecule has 0 rings (SSSR count). The highest BCUT2D eigenvalue weighted by Gasteiger charge is 2.08. The van der Waals surface area contributed by atoms with Crippen molar-refractivity contribution in [1.82, 2.24) is 10.6 Å². The zero-order chi connectivity index (χ0) is 11.8. The molecule has 0 aromatic heterocycles. The highest BCUT2D eigenvalue weighted by molar-refractivity contribution is 8.14. The van der Waals surface area contributed by atoms with E-state index in [1.165, 1.54) is 0 Å². The minimum absolute atomic E-state index is 0.0234. The summed E-state index contributed by atoms with van der Waals surface area (Å²) in [5.74, 6) is -0.154. The first-order valence-corrected chi connectivity index (χ1v) is 5.45. The molecule has 0 saturated carbocycles. The van der Waals surface area contributed by atoms with E-state index in [2.05, 4.69) is 10.6 Å². The van der Waals surface area contributed by atoms with Crippen LogP contribution in [-0.2, 0) is 4.79 Å². The normalized spacial score (nSPS) is 9.80. The van der Waals surface area contributed by atoms with Crippen molar-refractivity contribution in [1.29, 1.82) is 5.41 Å². The zero-order valence-corrected chi connectivity index (χ0v) is 9.61. The van der Waals surface area contributed by atoms with E-state index in [0.717, 1.165) is 11.8 Å². The summed E-state index contributed by atoms with van der Waals surface area (Å²) in [4.78, 5) is 22.1. The van der Waals surface area contributed by atoms with E-state index >= 15 is 0 Å². The number of amides is 3. The number of hydrogen-bond donors (Lipinski definition) is 4. The summed E-state index contributed by atoms with van der Waals surface area (Å²) in [6.07, 6.45) is 0. The van der Waals surface area contributed by atoms with E-state index in [-0.39, 0.29) is 10.9 Å². The molecule has 0 aromatic rings. The van der Waals surface area contributed by atoms with E-state index in [4.69, 9.17) is 11.1 Å². The Morgan fingerprint density at radius 3 is 2.53 bits per heavy atom. The second-order valence-corrected chi connectivity index (χ2v) is 4.32. The van der Waals surface area contributed by atoms with Crippen molar-refractivity contribution in [3.63, 3.8) is 0 Å². The van der Waals surface area contributed by atoms with Gasteiger partial charge in [-0.05, 0) is 5.92 Å².